The minimum Gasteiger partial charge on any atom is -0.341 e. The zero-order valence-electron chi connectivity index (χ0n) is 8.88. The molecule has 0 atom stereocenters. The van der Waals surface area contributed by atoms with Gasteiger partial charge in [0.25, 0.3) is 5.91 Å². The smallest absolute Gasteiger partial charge is 0.341 e. The number of pyridine rings is 1. The summed E-state index contributed by atoms with van der Waals surface area (Å²) in [6, 6.07) is 1.59. The number of hydrogen-bond donors (Lipinski definition) is 0. The molecule has 88 valence electrons. The average Bonchev–Trinajstić information content (AvgIpc) is 2.26. The zero-order chi connectivity index (χ0) is 12.3. The summed E-state index contributed by atoms with van der Waals surface area (Å²) in [7, 11) is 1.50. The first-order valence-corrected chi connectivity index (χ1v) is 4.65. The summed E-state index contributed by atoms with van der Waals surface area (Å²) in [6.45, 7) is 2.14. The van der Waals surface area contributed by atoms with Crippen molar-refractivity contribution in [1.82, 2.24) is 9.88 Å². The molecule has 1 aromatic rings. The van der Waals surface area contributed by atoms with Gasteiger partial charge in [0.2, 0.25) is 0 Å². The van der Waals surface area contributed by atoms with Gasteiger partial charge in [-0.2, -0.15) is 13.2 Å². The Morgan fingerprint density at radius 2 is 2.12 bits per heavy atom. The molecule has 0 aliphatic heterocycles. The van der Waals surface area contributed by atoms with Gasteiger partial charge < -0.3 is 4.90 Å². The topological polar surface area (TPSA) is 33.2 Å². The van der Waals surface area contributed by atoms with Gasteiger partial charge in [-0.3, -0.25) is 9.78 Å². The van der Waals surface area contributed by atoms with Gasteiger partial charge in [-0.1, -0.05) is 0 Å². The maximum absolute atomic E-state index is 12.4. The molecule has 0 unspecified atom stereocenters. The molecule has 1 aromatic heterocycles. The lowest BCUT2D eigenvalue weighted by atomic mass is 10.2. The third kappa shape index (κ3) is 2.71. The highest BCUT2D eigenvalue weighted by atomic mass is 19.4. The van der Waals surface area contributed by atoms with Crippen LogP contribution in [0.25, 0.3) is 0 Å². The number of aromatic nitrogens is 1. The molecule has 0 bridgehead atoms. The molecule has 3 nitrogen and oxygen atoms in total. The number of carbonyl (C=O) groups is 1. The Kier molecular flexibility index (Phi) is 3.51. The van der Waals surface area contributed by atoms with Gasteiger partial charge in [0.15, 0.2) is 0 Å². The largest absolute Gasteiger partial charge is 0.416 e. The van der Waals surface area contributed by atoms with Crippen molar-refractivity contribution in [2.45, 2.75) is 13.1 Å². The summed E-state index contributed by atoms with van der Waals surface area (Å²) in [5.74, 6) is -0.520. The monoisotopic (exact) mass is 232 g/mol. The van der Waals surface area contributed by atoms with E-state index >= 15 is 0 Å². The Morgan fingerprint density at radius 3 is 2.62 bits per heavy atom. The molecule has 16 heavy (non-hydrogen) atoms. The highest BCUT2D eigenvalue weighted by Gasteiger charge is 2.31. The minimum absolute atomic E-state index is 0.195. The Labute approximate surface area is 90.9 Å². The maximum Gasteiger partial charge on any atom is 0.416 e. The van der Waals surface area contributed by atoms with E-state index in [1.54, 1.807) is 6.92 Å². The quantitative estimate of drug-likeness (QED) is 0.783. The summed E-state index contributed by atoms with van der Waals surface area (Å²) >= 11 is 0. The Balaban J connectivity index is 3.04. The van der Waals surface area contributed by atoms with E-state index in [0.29, 0.717) is 6.54 Å². The average molecular weight is 232 g/mol. The first-order valence-electron chi connectivity index (χ1n) is 4.65. The molecule has 0 radical (unpaired) electrons. The van der Waals surface area contributed by atoms with E-state index in [0.717, 1.165) is 18.3 Å². The van der Waals surface area contributed by atoms with Crippen molar-refractivity contribution in [2.24, 2.45) is 0 Å². The van der Waals surface area contributed by atoms with Gasteiger partial charge in [0, 0.05) is 19.8 Å². The van der Waals surface area contributed by atoms with Crippen molar-refractivity contribution in [3.05, 3.63) is 29.6 Å². The summed E-state index contributed by atoms with van der Waals surface area (Å²) in [5.41, 5.74) is -1.06. The molecule has 0 aromatic carbocycles. The molecule has 0 fully saturated rings. The number of carbonyl (C=O) groups excluding carboxylic acids is 1. The highest BCUT2D eigenvalue weighted by Crippen LogP contribution is 2.29. The molecular formula is C10H11F3N2O. The Bertz CT molecular complexity index is 390. The first-order chi connectivity index (χ1) is 7.36. The van der Waals surface area contributed by atoms with Gasteiger partial charge in [0.1, 0.15) is 5.69 Å². The summed E-state index contributed by atoms with van der Waals surface area (Å²) < 4.78 is 37.1. The number of nitrogens with zero attached hydrogens (tertiary/aromatic N) is 2. The van der Waals surface area contributed by atoms with Crippen molar-refractivity contribution >= 4 is 5.91 Å². The SMILES string of the molecule is CCN(C)C(=O)c1cc(C(F)(F)F)ccn1. The lowest BCUT2D eigenvalue weighted by Gasteiger charge is -2.14. The Hall–Kier alpha value is -1.59. The van der Waals surface area contributed by atoms with Crippen LogP contribution in [0.4, 0.5) is 13.2 Å². The second-order valence-corrected chi connectivity index (χ2v) is 3.25. The van der Waals surface area contributed by atoms with E-state index < -0.39 is 17.6 Å². The fourth-order valence-corrected chi connectivity index (χ4v) is 1.06. The van der Waals surface area contributed by atoms with Gasteiger partial charge in [-0.15, -0.1) is 0 Å². The Morgan fingerprint density at radius 1 is 1.50 bits per heavy atom. The van der Waals surface area contributed by atoms with E-state index in [9.17, 15) is 18.0 Å². The third-order valence-electron chi connectivity index (χ3n) is 2.13. The number of rotatable bonds is 2. The van der Waals surface area contributed by atoms with Crippen LogP contribution in [0.1, 0.15) is 23.0 Å². The molecule has 1 amide bonds. The van der Waals surface area contributed by atoms with Crippen molar-refractivity contribution < 1.29 is 18.0 Å². The van der Waals surface area contributed by atoms with Crippen molar-refractivity contribution in [3.8, 4) is 0 Å². The van der Waals surface area contributed by atoms with E-state index in [1.807, 2.05) is 0 Å². The molecule has 0 aliphatic rings. The molecule has 6 heteroatoms. The van der Waals surface area contributed by atoms with Gasteiger partial charge >= 0.3 is 6.18 Å². The maximum atomic E-state index is 12.4. The van der Waals surface area contributed by atoms with Crippen molar-refractivity contribution in [1.29, 1.82) is 0 Å². The lowest BCUT2D eigenvalue weighted by Crippen LogP contribution is -2.27. The van der Waals surface area contributed by atoms with Crippen LogP contribution in [0.3, 0.4) is 0 Å². The first kappa shape index (κ1) is 12.5. The van der Waals surface area contributed by atoms with E-state index in [-0.39, 0.29) is 5.69 Å². The van der Waals surface area contributed by atoms with Crippen LogP contribution >= 0.6 is 0 Å². The summed E-state index contributed by atoms with van der Waals surface area (Å²) in [4.78, 5) is 16.5. The second-order valence-electron chi connectivity index (χ2n) is 3.25. The highest BCUT2D eigenvalue weighted by molar-refractivity contribution is 5.92. The molecule has 1 heterocycles. The summed E-state index contributed by atoms with van der Waals surface area (Å²) in [6.07, 6.45) is -3.47. The number of halogens is 3. The van der Waals surface area contributed by atoms with Crippen LogP contribution in [-0.4, -0.2) is 29.4 Å². The van der Waals surface area contributed by atoms with Crippen LogP contribution in [0.2, 0.25) is 0 Å². The number of alkyl halides is 3. The molecule has 1 rings (SSSR count). The third-order valence-corrected chi connectivity index (χ3v) is 2.13. The minimum atomic E-state index is -4.46. The molecule has 0 saturated carbocycles. The lowest BCUT2D eigenvalue weighted by molar-refractivity contribution is -0.137. The van der Waals surface area contributed by atoms with Crippen LogP contribution in [0, 0.1) is 0 Å². The van der Waals surface area contributed by atoms with Crippen LogP contribution < -0.4 is 0 Å². The van der Waals surface area contributed by atoms with E-state index in [4.69, 9.17) is 0 Å². The van der Waals surface area contributed by atoms with Crippen LogP contribution in [0.5, 0.6) is 0 Å². The van der Waals surface area contributed by atoms with Crippen molar-refractivity contribution in [2.75, 3.05) is 13.6 Å². The molecule has 0 aliphatic carbocycles. The number of hydrogen-bond acceptors (Lipinski definition) is 2. The number of amides is 1. The summed E-state index contributed by atoms with van der Waals surface area (Å²) in [5, 5.41) is 0. The van der Waals surface area contributed by atoms with E-state index in [1.165, 1.54) is 11.9 Å². The normalized spacial score (nSPS) is 11.3. The molecular weight excluding hydrogens is 221 g/mol. The van der Waals surface area contributed by atoms with Gasteiger partial charge in [0.05, 0.1) is 5.56 Å². The fraction of sp³-hybridized carbons (Fsp3) is 0.400. The molecule has 0 N–H and O–H groups in total. The van der Waals surface area contributed by atoms with Crippen molar-refractivity contribution in [3.63, 3.8) is 0 Å². The molecule has 0 saturated heterocycles. The van der Waals surface area contributed by atoms with Crippen LogP contribution in [-0.2, 0) is 6.18 Å². The zero-order valence-corrected chi connectivity index (χ0v) is 8.88. The fourth-order valence-electron chi connectivity index (χ4n) is 1.06. The van der Waals surface area contributed by atoms with Gasteiger partial charge in [-0.25, -0.2) is 0 Å². The van der Waals surface area contributed by atoms with Crippen LogP contribution in [0.15, 0.2) is 18.3 Å². The predicted octanol–water partition coefficient (Wildman–Crippen LogP) is 2.19. The van der Waals surface area contributed by atoms with Gasteiger partial charge in [-0.05, 0) is 19.1 Å². The van der Waals surface area contributed by atoms with E-state index in [2.05, 4.69) is 4.98 Å². The molecule has 0 spiro atoms. The second kappa shape index (κ2) is 4.51. The standard InChI is InChI=1S/C10H11F3N2O/c1-3-15(2)9(16)8-6-7(4-5-14-8)10(11,12)13/h4-6H,3H2,1-2H3. The predicted molar refractivity (Wildman–Crippen MR) is 51.9 cm³/mol.